The Morgan fingerprint density at radius 2 is 2.00 bits per heavy atom. The van der Waals surface area contributed by atoms with Crippen LogP contribution in [0.3, 0.4) is 0 Å². The summed E-state index contributed by atoms with van der Waals surface area (Å²) in [4.78, 5) is 11.5. The molecule has 86 valence electrons. The normalized spacial score (nSPS) is 10.1. The van der Waals surface area contributed by atoms with Crippen LogP contribution in [0.2, 0.25) is 0 Å². The first kappa shape index (κ1) is 11.4. The van der Waals surface area contributed by atoms with Crippen LogP contribution in [0.4, 0.5) is 5.69 Å². The summed E-state index contributed by atoms with van der Waals surface area (Å²) in [6, 6.07) is 9.65. The van der Waals surface area contributed by atoms with Gasteiger partial charge in [-0.05, 0) is 18.2 Å². The number of nitrogens with two attached hydrogens (primary N) is 1. The van der Waals surface area contributed by atoms with Crippen LogP contribution in [0, 0.1) is 0 Å². The summed E-state index contributed by atoms with van der Waals surface area (Å²) in [6.45, 7) is 0. The van der Waals surface area contributed by atoms with Crippen LogP contribution in [0.1, 0.15) is 0 Å². The molecule has 0 unspecified atom stereocenters. The second-order valence-corrected chi connectivity index (χ2v) is 3.59. The Kier molecular flexibility index (Phi) is 2.97. The lowest BCUT2D eigenvalue weighted by Crippen LogP contribution is -1.89. The van der Waals surface area contributed by atoms with Gasteiger partial charge in [0.25, 0.3) is 0 Å². The van der Waals surface area contributed by atoms with Crippen molar-refractivity contribution in [2.75, 3.05) is 5.73 Å². The first-order chi connectivity index (χ1) is 7.84. The van der Waals surface area contributed by atoms with E-state index in [1.165, 1.54) is 0 Å². The number of hydrogen-bond donors (Lipinski definition) is 2. The number of aromatic amines is 1. The van der Waals surface area contributed by atoms with Gasteiger partial charge in [-0.1, -0.05) is 12.1 Å². The Balaban J connectivity index is 0.00000108. The first-order valence-corrected chi connectivity index (χ1v) is 4.98. The van der Waals surface area contributed by atoms with Crippen molar-refractivity contribution in [3.8, 4) is 11.3 Å². The number of anilines is 1. The second-order valence-electron chi connectivity index (χ2n) is 3.59. The molecular formula is C12H11ClN4. The van der Waals surface area contributed by atoms with Gasteiger partial charge in [0, 0.05) is 22.8 Å². The number of H-pyrrole nitrogens is 1. The third kappa shape index (κ3) is 1.94. The van der Waals surface area contributed by atoms with Crippen molar-refractivity contribution in [3.63, 3.8) is 0 Å². The number of nitrogens with one attached hydrogen (secondary N) is 1. The molecule has 0 aliphatic carbocycles. The van der Waals surface area contributed by atoms with Crippen molar-refractivity contribution >= 4 is 29.1 Å². The monoisotopic (exact) mass is 246 g/mol. The van der Waals surface area contributed by atoms with Gasteiger partial charge < -0.3 is 10.7 Å². The molecule has 0 atom stereocenters. The number of rotatable bonds is 1. The molecule has 17 heavy (non-hydrogen) atoms. The van der Waals surface area contributed by atoms with E-state index in [4.69, 9.17) is 5.73 Å². The summed E-state index contributed by atoms with van der Waals surface area (Å²) in [6.07, 6.45) is 3.41. The van der Waals surface area contributed by atoms with Crippen molar-refractivity contribution in [1.82, 2.24) is 15.0 Å². The van der Waals surface area contributed by atoms with E-state index in [0.29, 0.717) is 0 Å². The van der Waals surface area contributed by atoms with Gasteiger partial charge in [-0.3, -0.25) is 0 Å². The van der Waals surface area contributed by atoms with E-state index in [9.17, 15) is 0 Å². The largest absolute Gasteiger partial charge is 0.399 e. The lowest BCUT2D eigenvalue weighted by atomic mass is 10.1. The van der Waals surface area contributed by atoms with E-state index in [1.807, 2.05) is 36.5 Å². The van der Waals surface area contributed by atoms with Crippen LogP contribution in [0.25, 0.3) is 22.3 Å². The average molecular weight is 247 g/mol. The molecule has 2 aromatic heterocycles. The molecule has 0 amide bonds. The molecule has 2 heterocycles. The molecular weight excluding hydrogens is 236 g/mol. The lowest BCUT2D eigenvalue weighted by Gasteiger charge is -2.02. The number of halogens is 1. The van der Waals surface area contributed by atoms with Gasteiger partial charge in [-0.2, -0.15) is 0 Å². The van der Waals surface area contributed by atoms with Crippen LogP contribution in [-0.4, -0.2) is 15.0 Å². The molecule has 0 spiro atoms. The first-order valence-electron chi connectivity index (χ1n) is 4.98. The van der Waals surface area contributed by atoms with E-state index < -0.39 is 0 Å². The lowest BCUT2D eigenvalue weighted by molar-refractivity contribution is 1.20. The van der Waals surface area contributed by atoms with Gasteiger partial charge in [0.1, 0.15) is 12.0 Å². The Bertz CT molecular complexity index is 648. The number of nitrogen functional groups attached to an aromatic ring is 1. The zero-order valence-electron chi connectivity index (χ0n) is 8.92. The molecule has 0 aliphatic heterocycles. The summed E-state index contributed by atoms with van der Waals surface area (Å²) in [7, 11) is 0. The number of benzene rings is 1. The quantitative estimate of drug-likeness (QED) is 0.649. The highest BCUT2D eigenvalue weighted by atomic mass is 35.5. The smallest absolute Gasteiger partial charge is 0.141 e. The third-order valence-electron chi connectivity index (χ3n) is 2.51. The highest BCUT2D eigenvalue weighted by molar-refractivity contribution is 5.90. The van der Waals surface area contributed by atoms with Crippen LogP contribution in [0.15, 0.2) is 42.9 Å². The fraction of sp³-hybridized carbons (Fsp3) is 0. The summed E-state index contributed by atoms with van der Waals surface area (Å²) < 4.78 is 0. The maximum Gasteiger partial charge on any atom is 0.141 e. The van der Waals surface area contributed by atoms with Crippen LogP contribution < -0.4 is 5.73 Å². The van der Waals surface area contributed by atoms with E-state index >= 15 is 0 Å². The second kappa shape index (κ2) is 4.43. The van der Waals surface area contributed by atoms with Gasteiger partial charge in [-0.15, -0.1) is 12.4 Å². The van der Waals surface area contributed by atoms with Gasteiger partial charge in [0.05, 0.1) is 5.69 Å². The van der Waals surface area contributed by atoms with Gasteiger partial charge >= 0.3 is 0 Å². The molecule has 0 fully saturated rings. The standard InChI is InChI=1S/C12H10N4.ClH/c13-9-3-1-2-8(6-9)11-10-4-5-14-12(10)16-7-15-11;/h1-7H,13H2,(H,14,15,16);1H. The maximum absolute atomic E-state index is 5.76. The fourth-order valence-corrected chi connectivity index (χ4v) is 1.79. The molecule has 0 saturated carbocycles. The molecule has 3 rings (SSSR count). The maximum atomic E-state index is 5.76. The van der Waals surface area contributed by atoms with Crippen LogP contribution in [0.5, 0.6) is 0 Å². The van der Waals surface area contributed by atoms with Crippen molar-refractivity contribution in [3.05, 3.63) is 42.9 Å². The Labute approximate surface area is 104 Å². The minimum atomic E-state index is 0. The third-order valence-corrected chi connectivity index (χ3v) is 2.51. The molecule has 4 nitrogen and oxygen atoms in total. The Morgan fingerprint density at radius 1 is 1.12 bits per heavy atom. The zero-order chi connectivity index (χ0) is 11.0. The Morgan fingerprint density at radius 3 is 2.82 bits per heavy atom. The average Bonchev–Trinajstić information content (AvgIpc) is 2.76. The van der Waals surface area contributed by atoms with Crippen LogP contribution >= 0.6 is 12.4 Å². The van der Waals surface area contributed by atoms with Crippen LogP contribution in [-0.2, 0) is 0 Å². The number of nitrogens with zero attached hydrogens (tertiary/aromatic N) is 2. The minimum Gasteiger partial charge on any atom is -0.399 e. The van der Waals surface area contributed by atoms with E-state index in [-0.39, 0.29) is 12.4 Å². The van der Waals surface area contributed by atoms with E-state index in [2.05, 4.69) is 15.0 Å². The minimum absolute atomic E-state index is 0. The van der Waals surface area contributed by atoms with Crippen molar-refractivity contribution < 1.29 is 0 Å². The highest BCUT2D eigenvalue weighted by Crippen LogP contribution is 2.25. The highest BCUT2D eigenvalue weighted by Gasteiger charge is 2.06. The van der Waals surface area contributed by atoms with E-state index in [1.54, 1.807) is 6.33 Å². The van der Waals surface area contributed by atoms with Crippen molar-refractivity contribution in [1.29, 1.82) is 0 Å². The van der Waals surface area contributed by atoms with Gasteiger partial charge in [0.15, 0.2) is 0 Å². The fourth-order valence-electron chi connectivity index (χ4n) is 1.79. The topological polar surface area (TPSA) is 67.6 Å². The van der Waals surface area contributed by atoms with Gasteiger partial charge in [0.2, 0.25) is 0 Å². The van der Waals surface area contributed by atoms with Crippen molar-refractivity contribution in [2.24, 2.45) is 0 Å². The Hall–Kier alpha value is -2.07. The number of fused-ring (bicyclic) bond motifs is 1. The molecule has 0 bridgehead atoms. The predicted octanol–water partition coefficient (Wildman–Crippen LogP) is 2.63. The molecule has 0 aliphatic rings. The molecule has 1 aromatic carbocycles. The summed E-state index contributed by atoms with van der Waals surface area (Å²) >= 11 is 0. The SMILES string of the molecule is Cl.Nc1cccc(-c2ncnc3[nH]ccc23)c1. The molecule has 3 aromatic rings. The number of aromatic nitrogens is 3. The summed E-state index contributed by atoms with van der Waals surface area (Å²) in [5.41, 5.74) is 9.25. The molecule has 0 radical (unpaired) electrons. The van der Waals surface area contributed by atoms with Gasteiger partial charge in [-0.25, -0.2) is 9.97 Å². The predicted molar refractivity (Wildman–Crippen MR) is 71.0 cm³/mol. The molecule has 0 saturated heterocycles. The zero-order valence-corrected chi connectivity index (χ0v) is 9.74. The molecule has 3 N–H and O–H groups in total. The summed E-state index contributed by atoms with van der Waals surface area (Å²) in [5.74, 6) is 0. The van der Waals surface area contributed by atoms with E-state index in [0.717, 1.165) is 28.0 Å². The molecule has 5 heteroatoms. The number of hydrogen-bond acceptors (Lipinski definition) is 3. The summed E-state index contributed by atoms with van der Waals surface area (Å²) in [5, 5.41) is 1.01. The van der Waals surface area contributed by atoms with Crippen molar-refractivity contribution in [2.45, 2.75) is 0 Å².